The lowest BCUT2D eigenvalue weighted by atomic mass is 10.0. The Labute approximate surface area is 169 Å². The van der Waals surface area contributed by atoms with E-state index in [0.29, 0.717) is 17.0 Å². The van der Waals surface area contributed by atoms with E-state index in [1.807, 2.05) is 19.9 Å². The van der Waals surface area contributed by atoms with E-state index in [2.05, 4.69) is 14.4 Å². The number of aromatic nitrogens is 1. The number of hydrogen-bond donors (Lipinski definition) is 2. The van der Waals surface area contributed by atoms with Gasteiger partial charge in [-0.1, -0.05) is 26.0 Å². The van der Waals surface area contributed by atoms with Crippen molar-refractivity contribution in [3.05, 3.63) is 53.4 Å². The van der Waals surface area contributed by atoms with E-state index in [1.165, 1.54) is 6.07 Å². The summed E-state index contributed by atoms with van der Waals surface area (Å²) in [5, 5.41) is 2.57. The van der Waals surface area contributed by atoms with Crippen LogP contribution < -0.4 is 10.0 Å². The van der Waals surface area contributed by atoms with E-state index >= 15 is 0 Å². The lowest BCUT2D eigenvalue weighted by molar-refractivity contribution is 0.101. The zero-order valence-corrected chi connectivity index (χ0v) is 17.5. The molecule has 29 heavy (non-hydrogen) atoms. The predicted molar refractivity (Wildman–Crippen MR) is 110 cm³/mol. The average Bonchev–Trinajstić information content (AvgIpc) is 2.92. The van der Waals surface area contributed by atoms with E-state index < -0.39 is 27.5 Å². The van der Waals surface area contributed by atoms with Gasteiger partial charge < -0.3 is 9.88 Å². The number of carbonyl (C=O) groups excluding carboxylic acids is 1. The van der Waals surface area contributed by atoms with Crippen LogP contribution in [0.15, 0.2) is 39.7 Å². The van der Waals surface area contributed by atoms with Crippen molar-refractivity contribution in [1.82, 2.24) is 9.29 Å². The zero-order valence-electron chi connectivity index (χ0n) is 16.7. The molecule has 1 amide bonds. The van der Waals surface area contributed by atoms with Gasteiger partial charge in [0.15, 0.2) is 11.6 Å². The highest BCUT2D eigenvalue weighted by Gasteiger charge is 2.30. The molecule has 1 aromatic heterocycles. The molecule has 2 unspecified atom stereocenters. The molecule has 0 bridgehead atoms. The monoisotopic (exact) mass is 422 g/mol. The van der Waals surface area contributed by atoms with Gasteiger partial charge in [0.25, 0.3) is 5.91 Å². The van der Waals surface area contributed by atoms with E-state index in [4.69, 9.17) is 0 Å². The van der Waals surface area contributed by atoms with Crippen LogP contribution in [0.3, 0.4) is 0 Å². The van der Waals surface area contributed by atoms with Crippen molar-refractivity contribution in [2.75, 3.05) is 11.9 Å². The molecule has 3 rings (SSSR count). The third kappa shape index (κ3) is 4.11. The summed E-state index contributed by atoms with van der Waals surface area (Å²) in [6.07, 6.45) is 5.26. The van der Waals surface area contributed by atoms with Gasteiger partial charge in [-0.3, -0.25) is 4.79 Å². The Bertz CT molecular complexity index is 1100. The fourth-order valence-corrected chi connectivity index (χ4v) is 5.37. The Hall–Kier alpha value is -2.52. The quantitative estimate of drug-likeness (QED) is 0.783. The van der Waals surface area contributed by atoms with E-state index in [-0.39, 0.29) is 23.3 Å². The fourth-order valence-electron chi connectivity index (χ4n) is 3.18. The minimum Gasteiger partial charge on any atom is -0.345 e. The lowest BCUT2D eigenvalue weighted by Gasteiger charge is -2.19. The topological polar surface area (TPSA) is 75.5 Å². The van der Waals surface area contributed by atoms with Crippen LogP contribution in [0.5, 0.6) is 0 Å². The zero-order chi connectivity index (χ0) is 21.3. The summed E-state index contributed by atoms with van der Waals surface area (Å²) in [7, 11) is -1.29. The van der Waals surface area contributed by atoms with Crippen LogP contribution in [0.4, 0.5) is 14.5 Å². The molecule has 156 valence electrons. The highest BCUT2D eigenvalue weighted by atomic mass is 32.2. The summed E-state index contributed by atoms with van der Waals surface area (Å²) in [6.45, 7) is 6.15. The van der Waals surface area contributed by atoms with Crippen molar-refractivity contribution < 1.29 is 17.8 Å². The van der Waals surface area contributed by atoms with Gasteiger partial charge in [-0.05, 0) is 25.0 Å². The Morgan fingerprint density at radius 3 is 2.69 bits per heavy atom. The maximum Gasteiger partial charge on any atom is 0.272 e. The van der Waals surface area contributed by atoms with Crippen LogP contribution in [0.25, 0.3) is 6.08 Å². The number of amides is 1. The third-order valence-electron chi connectivity index (χ3n) is 4.67. The first-order valence-electron chi connectivity index (χ1n) is 9.30. The van der Waals surface area contributed by atoms with Crippen molar-refractivity contribution in [2.45, 2.75) is 31.7 Å². The van der Waals surface area contributed by atoms with Crippen molar-refractivity contribution in [3.63, 3.8) is 0 Å². The molecule has 0 radical (unpaired) electrons. The summed E-state index contributed by atoms with van der Waals surface area (Å²) >= 11 is 0. The number of nitrogens with one attached hydrogen (secondary N) is 2. The Balaban J connectivity index is 2.08. The molecule has 2 aromatic rings. The van der Waals surface area contributed by atoms with Crippen molar-refractivity contribution in [3.8, 4) is 0 Å². The molecule has 0 saturated carbocycles. The van der Waals surface area contributed by atoms with Crippen LogP contribution >= 0.6 is 0 Å². The Morgan fingerprint density at radius 2 is 2.07 bits per heavy atom. The first kappa shape index (κ1) is 21.2. The number of carbonyl (C=O) groups is 1. The predicted octanol–water partition coefficient (Wildman–Crippen LogP) is 3.96. The van der Waals surface area contributed by atoms with Gasteiger partial charge in [0.05, 0.1) is 4.90 Å². The minimum absolute atomic E-state index is 0.124. The number of nitrogens with zero attached hydrogens (tertiary/aromatic N) is 2. The number of fused-ring (bicyclic) bond motifs is 1. The maximum atomic E-state index is 13.6. The average molecular weight is 423 g/mol. The van der Waals surface area contributed by atoms with Crippen LogP contribution in [0, 0.1) is 17.6 Å². The van der Waals surface area contributed by atoms with Gasteiger partial charge in [0.2, 0.25) is 0 Å². The van der Waals surface area contributed by atoms with Crippen molar-refractivity contribution >= 4 is 27.6 Å². The molecule has 1 aliphatic rings. The molecule has 2 heterocycles. The standard InChI is InChI=1S/C20H24F2N4O2S/c1-5-23-29(28)18-11-26(4)19(14(18)7-9-17(25-29)12(2)3)20(27)24-13-6-8-15(21)16(22)10-13/h6-12,17H,5H2,1-4H3,(H,24,27)(H,23,25,28). The summed E-state index contributed by atoms with van der Waals surface area (Å²) in [4.78, 5) is 13.4. The summed E-state index contributed by atoms with van der Waals surface area (Å²) in [6, 6.07) is 2.95. The number of halogens is 2. The highest BCUT2D eigenvalue weighted by molar-refractivity contribution is 7.91. The lowest BCUT2D eigenvalue weighted by Crippen LogP contribution is -2.36. The van der Waals surface area contributed by atoms with Crippen LogP contribution in [0.1, 0.15) is 36.8 Å². The molecular weight excluding hydrogens is 398 g/mol. The molecule has 9 heteroatoms. The molecule has 0 fully saturated rings. The number of benzene rings is 1. The Morgan fingerprint density at radius 1 is 1.34 bits per heavy atom. The highest BCUT2D eigenvalue weighted by Crippen LogP contribution is 2.29. The number of rotatable bonds is 4. The van der Waals surface area contributed by atoms with Crippen molar-refractivity contribution in [2.24, 2.45) is 17.3 Å². The molecule has 0 spiro atoms. The van der Waals surface area contributed by atoms with E-state index in [1.54, 1.807) is 30.8 Å². The second-order valence-electron chi connectivity index (χ2n) is 7.17. The van der Waals surface area contributed by atoms with Crippen LogP contribution in [-0.2, 0) is 17.0 Å². The third-order valence-corrected chi connectivity index (χ3v) is 6.80. The molecule has 2 atom stereocenters. The number of hydrogen-bond acceptors (Lipinski definition) is 3. The number of anilines is 1. The minimum atomic E-state index is -2.95. The molecule has 1 aliphatic heterocycles. The second kappa shape index (κ2) is 8.08. The number of aryl methyl sites for hydroxylation is 1. The SMILES string of the molecule is CCN=S1(=O)NC(C(C)C)C=Cc2c1cn(C)c2C(=O)Nc1ccc(F)c(F)c1. The summed E-state index contributed by atoms with van der Waals surface area (Å²) in [5.74, 6) is -2.41. The normalized spacial score (nSPS) is 21.0. The molecule has 0 aliphatic carbocycles. The summed E-state index contributed by atoms with van der Waals surface area (Å²) in [5.41, 5.74) is 0.871. The second-order valence-corrected chi connectivity index (χ2v) is 9.15. The smallest absolute Gasteiger partial charge is 0.272 e. The first-order chi connectivity index (χ1) is 13.7. The van der Waals surface area contributed by atoms with Crippen LogP contribution in [0.2, 0.25) is 0 Å². The molecule has 6 nitrogen and oxygen atoms in total. The van der Waals surface area contributed by atoms with Gasteiger partial charge in [-0.25, -0.2) is 22.1 Å². The van der Waals surface area contributed by atoms with E-state index in [0.717, 1.165) is 12.1 Å². The van der Waals surface area contributed by atoms with Gasteiger partial charge in [0.1, 0.15) is 15.6 Å². The van der Waals surface area contributed by atoms with Gasteiger partial charge in [0, 0.05) is 43.1 Å². The van der Waals surface area contributed by atoms with Crippen molar-refractivity contribution in [1.29, 1.82) is 0 Å². The maximum absolute atomic E-state index is 13.6. The molecule has 1 aromatic carbocycles. The molecular formula is C20H24F2N4O2S. The fraction of sp³-hybridized carbons (Fsp3) is 0.350. The molecule has 0 saturated heterocycles. The van der Waals surface area contributed by atoms with E-state index in [9.17, 15) is 17.8 Å². The van der Waals surface area contributed by atoms with Crippen LogP contribution in [-0.4, -0.2) is 27.3 Å². The summed E-state index contributed by atoms with van der Waals surface area (Å²) < 4.78 is 49.3. The van der Waals surface area contributed by atoms with Gasteiger partial charge in [-0.15, -0.1) is 0 Å². The Kier molecular flexibility index (Phi) is 5.90. The van der Waals surface area contributed by atoms with Gasteiger partial charge >= 0.3 is 0 Å². The molecule has 2 N–H and O–H groups in total. The first-order valence-corrected chi connectivity index (χ1v) is 10.8. The van der Waals surface area contributed by atoms with Gasteiger partial charge in [-0.2, -0.15) is 0 Å². The largest absolute Gasteiger partial charge is 0.345 e.